The summed E-state index contributed by atoms with van der Waals surface area (Å²) in [4.78, 5) is 6.53. The van der Waals surface area contributed by atoms with Gasteiger partial charge in [0, 0.05) is 18.0 Å². The lowest BCUT2D eigenvalue weighted by molar-refractivity contribution is -0.141. The molecule has 0 bridgehead atoms. The van der Waals surface area contributed by atoms with E-state index in [-0.39, 0.29) is 5.92 Å². The Morgan fingerprint density at radius 3 is 2.52 bits per heavy atom. The molecule has 0 amide bonds. The number of aromatic nitrogens is 1. The van der Waals surface area contributed by atoms with E-state index in [1.54, 1.807) is 6.07 Å². The van der Waals surface area contributed by atoms with Crippen molar-refractivity contribution in [3.8, 4) is 0 Å². The van der Waals surface area contributed by atoms with E-state index in [1.165, 1.54) is 17.4 Å². The highest BCUT2D eigenvalue weighted by molar-refractivity contribution is 7.10. The molecule has 1 unspecified atom stereocenters. The number of aliphatic hydroxyl groups is 1. The van der Waals surface area contributed by atoms with Gasteiger partial charge in [-0.15, -0.1) is 11.3 Å². The summed E-state index contributed by atoms with van der Waals surface area (Å²) in [6.45, 7) is 1.20. The Kier molecular flexibility index (Phi) is 4.59. The maximum atomic E-state index is 12.7. The third kappa shape index (κ3) is 3.67. The Balaban J connectivity index is 1.65. The molecule has 1 saturated heterocycles. The van der Waals surface area contributed by atoms with E-state index in [4.69, 9.17) is 0 Å². The molecule has 1 fully saturated rings. The summed E-state index contributed by atoms with van der Waals surface area (Å²) in [6, 6.07) is 7.79. The number of thiophene rings is 1. The Labute approximate surface area is 136 Å². The van der Waals surface area contributed by atoms with Crippen molar-refractivity contribution in [2.24, 2.45) is 5.92 Å². The number of piperidine rings is 1. The second-order valence-corrected chi connectivity index (χ2v) is 6.64. The van der Waals surface area contributed by atoms with E-state index >= 15 is 0 Å². The largest absolute Gasteiger partial charge is 0.433 e. The van der Waals surface area contributed by atoms with E-state index in [1.807, 2.05) is 22.4 Å². The molecule has 0 radical (unpaired) electrons. The summed E-state index contributed by atoms with van der Waals surface area (Å²) < 4.78 is 38.2. The zero-order valence-electron chi connectivity index (χ0n) is 12.3. The third-order valence-corrected chi connectivity index (χ3v) is 5.11. The molecule has 0 spiro atoms. The molecule has 0 aliphatic carbocycles. The van der Waals surface area contributed by atoms with Crippen molar-refractivity contribution in [1.82, 2.24) is 4.98 Å². The number of pyridine rings is 1. The molecule has 3 nitrogen and oxygen atoms in total. The Bertz CT molecular complexity index is 637. The molecule has 0 aromatic carbocycles. The SMILES string of the molecule is OC(c1cccs1)C1CCN(c2cccc(C(F)(F)F)n2)CC1. The Morgan fingerprint density at radius 1 is 1.17 bits per heavy atom. The van der Waals surface area contributed by atoms with Crippen molar-refractivity contribution in [2.75, 3.05) is 18.0 Å². The van der Waals surface area contributed by atoms with Crippen molar-refractivity contribution in [2.45, 2.75) is 25.1 Å². The molecule has 2 aromatic heterocycles. The smallest absolute Gasteiger partial charge is 0.387 e. The zero-order valence-corrected chi connectivity index (χ0v) is 13.1. The summed E-state index contributed by atoms with van der Waals surface area (Å²) in [5.41, 5.74) is -0.865. The van der Waals surface area contributed by atoms with Crippen molar-refractivity contribution in [1.29, 1.82) is 0 Å². The highest BCUT2D eigenvalue weighted by atomic mass is 32.1. The second-order valence-electron chi connectivity index (χ2n) is 5.66. The molecule has 1 aliphatic heterocycles. The molecule has 7 heteroatoms. The predicted octanol–water partition coefficient (Wildman–Crippen LogP) is 4.11. The number of halogens is 3. The van der Waals surface area contributed by atoms with E-state index in [0.29, 0.717) is 18.9 Å². The minimum atomic E-state index is -4.43. The third-order valence-electron chi connectivity index (χ3n) is 4.17. The first-order chi connectivity index (χ1) is 10.9. The molecule has 1 N–H and O–H groups in total. The first kappa shape index (κ1) is 16.3. The van der Waals surface area contributed by atoms with Crippen LogP contribution in [0.5, 0.6) is 0 Å². The number of anilines is 1. The number of rotatable bonds is 3. The van der Waals surface area contributed by atoms with Crippen LogP contribution in [0.15, 0.2) is 35.7 Å². The van der Waals surface area contributed by atoms with Gasteiger partial charge in [-0.1, -0.05) is 12.1 Å². The number of hydrogen-bond donors (Lipinski definition) is 1. The van der Waals surface area contributed by atoms with Crippen LogP contribution in [-0.4, -0.2) is 23.2 Å². The molecule has 124 valence electrons. The van der Waals surface area contributed by atoms with Crippen LogP contribution in [0.1, 0.15) is 29.5 Å². The minimum absolute atomic E-state index is 0.135. The number of hydrogen-bond acceptors (Lipinski definition) is 4. The highest BCUT2D eigenvalue weighted by Gasteiger charge is 2.33. The van der Waals surface area contributed by atoms with Crippen LogP contribution in [0, 0.1) is 5.92 Å². The van der Waals surface area contributed by atoms with Gasteiger partial charge in [0.25, 0.3) is 0 Å². The van der Waals surface area contributed by atoms with E-state index in [0.717, 1.165) is 23.8 Å². The van der Waals surface area contributed by atoms with Gasteiger partial charge in [-0.25, -0.2) is 4.98 Å². The zero-order chi connectivity index (χ0) is 16.4. The van der Waals surface area contributed by atoms with Crippen LogP contribution in [0.2, 0.25) is 0 Å². The monoisotopic (exact) mass is 342 g/mol. The molecular weight excluding hydrogens is 325 g/mol. The van der Waals surface area contributed by atoms with E-state index in [9.17, 15) is 18.3 Å². The number of aliphatic hydroxyl groups excluding tert-OH is 1. The number of nitrogens with zero attached hydrogens (tertiary/aromatic N) is 2. The maximum Gasteiger partial charge on any atom is 0.433 e. The second kappa shape index (κ2) is 6.49. The van der Waals surface area contributed by atoms with Crippen LogP contribution in [-0.2, 0) is 6.18 Å². The molecule has 3 rings (SSSR count). The Morgan fingerprint density at radius 2 is 1.91 bits per heavy atom. The van der Waals surface area contributed by atoms with Crippen molar-refractivity contribution < 1.29 is 18.3 Å². The molecule has 23 heavy (non-hydrogen) atoms. The quantitative estimate of drug-likeness (QED) is 0.912. The minimum Gasteiger partial charge on any atom is -0.387 e. The van der Waals surface area contributed by atoms with Gasteiger partial charge in [0.15, 0.2) is 0 Å². The van der Waals surface area contributed by atoms with Crippen molar-refractivity contribution >= 4 is 17.2 Å². The van der Waals surface area contributed by atoms with Crippen LogP contribution >= 0.6 is 11.3 Å². The predicted molar refractivity (Wildman–Crippen MR) is 83.5 cm³/mol. The lowest BCUT2D eigenvalue weighted by Crippen LogP contribution is -2.36. The van der Waals surface area contributed by atoms with Gasteiger partial charge < -0.3 is 10.0 Å². The van der Waals surface area contributed by atoms with Gasteiger partial charge in [-0.05, 0) is 42.3 Å². The summed E-state index contributed by atoms with van der Waals surface area (Å²) in [5, 5.41) is 12.3. The number of alkyl halides is 3. The normalized spacial score (nSPS) is 18.2. The topological polar surface area (TPSA) is 36.4 Å². The van der Waals surface area contributed by atoms with Gasteiger partial charge in [0.1, 0.15) is 11.5 Å². The van der Waals surface area contributed by atoms with Crippen molar-refractivity contribution in [3.63, 3.8) is 0 Å². The Hall–Kier alpha value is -1.60. The first-order valence-corrected chi connectivity index (χ1v) is 8.34. The molecule has 2 aromatic rings. The summed E-state index contributed by atoms with van der Waals surface area (Å²) >= 11 is 1.53. The molecule has 1 aliphatic rings. The van der Waals surface area contributed by atoms with Gasteiger partial charge in [-0.2, -0.15) is 13.2 Å². The standard InChI is InChI=1S/C16H17F3N2OS/c17-16(18,19)13-4-1-5-14(20-13)21-8-6-11(7-9-21)15(22)12-3-2-10-23-12/h1-5,10-11,15,22H,6-9H2. The van der Waals surface area contributed by atoms with Gasteiger partial charge in [0.2, 0.25) is 0 Å². The fourth-order valence-corrected chi connectivity index (χ4v) is 3.70. The summed E-state index contributed by atoms with van der Waals surface area (Å²) in [6.07, 6.45) is -3.45. The first-order valence-electron chi connectivity index (χ1n) is 7.46. The summed E-state index contributed by atoms with van der Waals surface area (Å²) in [7, 11) is 0. The van der Waals surface area contributed by atoms with Gasteiger partial charge in [-0.3, -0.25) is 0 Å². The van der Waals surface area contributed by atoms with Gasteiger partial charge >= 0.3 is 6.18 Å². The van der Waals surface area contributed by atoms with E-state index < -0.39 is 18.0 Å². The van der Waals surface area contributed by atoms with Crippen LogP contribution in [0.4, 0.5) is 19.0 Å². The average molecular weight is 342 g/mol. The average Bonchev–Trinajstić information content (AvgIpc) is 3.08. The molecule has 1 atom stereocenters. The van der Waals surface area contributed by atoms with E-state index in [2.05, 4.69) is 4.98 Å². The lowest BCUT2D eigenvalue weighted by atomic mass is 9.90. The highest BCUT2D eigenvalue weighted by Crippen LogP contribution is 2.34. The maximum absolute atomic E-state index is 12.7. The molecule has 0 saturated carbocycles. The van der Waals surface area contributed by atoms with Crippen LogP contribution < -0.4 is 4.90 Å². The van der Waals surface area contributed by atoms with Crippen LogP contribution in [0.25, 0.3) is 0 Å². The lowest BCUT2D eigenvalue weighted by Gasteiger charge is -2.34. The molecule has 3 heterocycles. The fraction of sp³-hybridized carbons (Fsp3) is 0.438. The van der Waals surface area contributed by atoms with Crippen LogP contribution in [0.3, 0.4) is 0 Å². The fourth-order valence-electron chi connectivity index (χ4n) is 2.89. The molecular formula is C16H17F3N2OS. The van der Waals surface area contributed by atoms with Crippen molar-refractivity contribution in [3.05, 3.63) is 46.3 Å². The van der Waals surface area contributed by atoms with Gasteiger partial charge in [0.05, 0.1) is 6.10 Å². The summed E-state index contributed by atoms with van der Waals surface area (Å²) in [5.74, 6) is 0.486.